The van der Waals surface area contributed by atoms with Gasteiger partial charge >= 0.3 is 0 Å². The van der Waals surface area contributed by atoms with Crippen LogP contribution >= 0.6 is 0 Å². The number of nitriles is 1. The molecule has 0 atom stereocenters. The van der Waals surface area contributed by atoms with Crippen molar-refractivity contribution in [1.29, 1.82) is 5.26 Å². The van der Waals surface area contributed by atoms with E-state index in [1.807, 2.05) is 13.8 Å². The van der Waals surface area contributed by atoms with E-state index in [-0.39, 0.29) is 11.0 Å². The predicted octanol–water partition coefficient (Wildman–Crippen LogP) is 1.18. The maximum atomic E-state index is 11.2. The van der Waals surface area contributed by atoms with Crippen molar-refractivity contribution in [3.05, 3.63) is 28.9 Å². The molecule has 0 fully saturated rings. The fraction of sp³-hybridized carbons (Fsp3) is 0.500. The Morgan fingerprint density at radius 3 is 2.93 bits per heavy atom. The van der Waals surface area contributed by atoms with Crippen molar-refractivity contribution in [3.8, 4) is 6.07 Å². The summed E-state index contributed by atoms with van der Waals surface area (Å²) in [5, 5.41) is 8.79. The van der Waals surface area contributed by atoms with Crippen molar-refractivity contribution < 1.29 is 0 Å². The lowest BCUT2D eigenvalue weighted by Gasteiger charge is -2.15. The normalized spacial score (nSPS) is 10.9. The maximum absolute atomic E-state index is 11.2. The lowest BCUT2D eigenvalue weighted by molar-refractivity contribution is 0.408. The Balaban J connectivity index is 2.69. The third-order valence-corrected chi connectivity index (χ3v) is 2.08. The minimum Gasteiger partial charge on any atom is -0.313 e. The van der Waals surface area contributed by atoms with Gasteiger partial charge in [0.2, 0.25) is 0 Å². The number of aryl methyl sites for hydroxylation is 1. The molecular formula is C10H13N3O. The summed E-state index contributed by atoms with van der Waals surface area (Å²) in [6, 6.07) is 2.20. The molecule has 1 heterocycles. The Hall–Kier alpha value is -1.63. The molecule has 0 aliphatic rings. The molecule has 0 N–H and O–H groups in total. The Morgan fingerprint density at radius 1 is 1.64 bits per heavy atom. The van der Waals surface area contributed by atoms with Gasteiger partial charge in [0.15, 0.2) is 0 Å². The van der Waals surface area contributed by atoms with Crippen molar-refractivity contribution in [1.82, 2.24) is 9.55 Å². The average molecular weight is 191 g/mol. The van der Waals surface area contributed by atoms with Crippen molar-refractivity contribution in [2.75, 3.05) is 0 Å². The summed E-state index contributed by atoms with van der Waals surface area (Å²) in [6.45, 7) is 4.28. The monoisotopic (exact) mass is 191 g/mol. The summed E-state index contributed by atoms with van der Waals surface area (Å²) < 4.78 is 1.56. The molecule has 0 aliphatic carbocycles. The van der Waals surface area contributed by atoms with Crippen LogP contribution in [-0.4, -0.2) is 9.55 Å². The number of aromatic nitrogens is 2. The maximum Gasteiger partial charge on any atom is 0.268 e. The van der Waals surface area contributed by atoms with Gasteiger partial charge in [-0.05, 0) is 20.3 Å². The zero-order valence-electron chi connectivity index (χ0n) is 8.40. The smallest absolute Gasteiger partial charge is 0.268 e. The molecule has 0 amide bonds. The Labute approximate surface area is 82.8 Å². The van der Waals surface area contributed by atoms with Crippen molar-refractivity contribution >= 4 is 0 Å². The highest BCUT2D eigenvalue weighted by molar-refractivity contribution is 4.92. The summed E-state index contributed by atoms with van der Waals surface area (Å²) in [5.74, 6) is 0. The fourth-order valence-electron chi connectivity index (χ4n) is 1.01. The van der Waals surface area contributed by atoms with Crippen LogP contribution in [0.5, 0.6) is 0 Å². The summed E-state index contributed by atoms with van der Waals surface area (Å²) >= 11 is 0. The van der Waals surface area contributed by atoms with Gasteiger partial charge in [0, 0.05) is 18.9 Å². The second-order valence-electron chi connectivity index (χ2n) is 3.85. The van der Waals surface area contributed by atoms with Crippen LogP contribution < -0.4 is 5.56 Å². The lowest BCUT2D eigenvalue weighted by Crippen LogP contribution is -2.22. The molecule has 4 nitrogen and oxygen atoms in total. The van der Waals surface area contributed by atoms with Gasteiger partial charge in [-0.3, -0.25) is 9.78 Å². The van der Waals surface area contributed by atoms with E-state index in [1.54, 1.807) is 17.0 Å². The SMILES string of the molecule is CC(C)(C#N)CCn1ccncc1=O. The first-order valence-corrected chi connectivity index (χ1v) is 4.47. The van der Waals surface area contributed by atoms with E-state index in [0.29, 0.717) is 13.0 Å². The molecule has 1 rings (SSSR count). The van der Waals surface area contributed by atoms with Crippen LogP contribution in [0.25, 0.3) is 0 Å². The number of nitrogens with zero attached hydrogens (tertiary/aromatic N) is 3. The molecule has 0 spiro atoms. The number of hydrogen-bond donors (Lipinski definition) is 0. The average Bonchev–Trinajstić information content (AvgIpc) is 2.17. The largest absolute Gasteiger partial charge is 0.313 e. The van der Waals surface area contributed by atoms with E-state index in [9.17, 15) is 4.79 Å². The number of rotatable bonds is 3. The molecule has 0 bridgehead atoms. The first-order valence-electron chi connectivity index (χ1n) is 4.47. The van der Waals surface area contributed by atoms with E-state index in [1.165, 1.54) is 6.20 Å². The van der Waals surface area contributed by atoms with Crippen LogP contribution in [0.3, 0.4) is 0 Å². The van der Waals surface area contributed by atoms with E-state index in [2.05, 4.69) is 11.1 Å². The van der Waals surface area contributed by atoms with Gasteiger partial charge in [-0.15, -0.1) is 0 Å². The van der Waals surface area contributed by atoms with Crippen molar-refractivity contribution in [2.24, 2.45) is 5.41 Å². The highest BCUT2D eigenvalue weighted by atomic mass is 16.1. The first-order chi connectivity index (χ1) is 6.55. The Kier molecular flexibility index (Phi) is 3.03. The van der Waals surface area contributed by atoms with Crippen LogP contribution in [0.15, 0.2) is 23.4 Å². The third-order valence-electron chi connectivity index (χ3n) is 2.08. The van der Waals surface area contributed by atoms with Gasteiger partial charge in [-0.25, -0.2) is 0 Å². The summed E-state index contributed by atoms with van der Waals surface area (Å²) in [7, 11) is 0. The van der Waals surface area contributed by atoms with Crippen LogP contribution in [0.2, 0.25) is 0 Å². The second-order valence-corrected chi connectivity index (χ2v) is 3.85. The molecule has 74 valence electrons. The van der Waals surface area contributed by atoms with Crippen molar-refractivity contribution in [2.45, 2.75) is 26.8 Å². The minimum atomic E-state index is -0.386. The molecule has 4 heteroatoms. The van der Waals surface area contributed by atoms with Crippen LogP contribution in [0, 0.1) is 16.7 Å². The highest BCUT2D eigenvalue weighted by Gasteiger charge is 2.16. The Morgan fingerprint density at radius 2 is 2.36 bits per heavy atom. The van der Waals surface area contributed by atoms with E-state index < -0.39 is 0 Å². The predicted molar refractivity (Wildman–Crippen MR) is 52.5 cm³/mol. The zero-order chi connectivity index (χ0) is 10.6. The lowest BCUT2D eigenvalue weighted by atomic mass is 9.91. The molecule has 0 aliphatic heterocycles. The van der Waals surface area contributed by atoms with E-state index in [0.717, 1.165) is 0 Å². The standard InChI is InChI=1S/C10H13N3O/c1-10(2,8-11)3-5-13-6-4-12-7-9(13)14/h4,6-7H,3,5H2,1-2H3. The molecule has 0 unspecified atom stereocenters. The molecule has 0 radical (unpaired) electrons. The van der Waals surface area contributed by atoms with Gasteiger partial charge in [0.05, 0.1) is 17.7 Å². The van der Waals surface area contributed by atoms with Crippen LogP contribution in [0.4, 0.5) is 0 Å². The van der Waals surface area contributed by atoms with Crippen LogP contribution in [-0.2, 0) is 6.54 Å². The summed E-state index contributed by atoms with van der Waals surface area (Å²) in [5.41, 5.74) is -0.510. The van der Waals surface area contributed by atoms with Crippen LogP contribution in [0.1, 0.15) is 20.3 Å². The van der Waals surface area contributed by atoms with Gasteiger partial charge in [-0.1, -0.05) is 0 Å². The quantitative estimate of drug-likeness (QED) is 0.720. The molecule has 0 saturated heterocycles. The van der Waals surface area contributed by atoms with Gasteiger partial charge < -0.3 is 4.57 Å². The number of hydrogen-bond acceptors (Lipinski definition) is 3. The molecular weight excluding hydrogens is 178 g/mol. The third kappa shape index (κ3) is 2.70. The topological polar surface area (TPSA) is 58.7 Å². The van der Waals surface area contributed by atoms with E-state index >= 15 is 0 Å². The molecule has 0 aromatic carbocycles. The highest BCUT2D eigenvalue weighted by Crippen LogP contribution is 2.18. The minimum absolute atomic E-state index is 0.124. The fourth-order valence-corrected chi connectivity index (χ4v) is 1.01. The van der Waals surface area contributed by atoms with Gasteiger partial charge in [-0.2, -0.15) is 5.26 Å². The van der Waals surface area contributed by atoms with Gasteiger partial charge in [0.25, 0.3) is 5.56 Å². The van der Waals surface area contributed by atoms with Crippen molar-refractivity contribution in [3.63, 3.8) is 0 Å². The van der Waals surface area contributed by atoms with E-state index in [4.69, 9.17) is 5.26 Å². The molecule has 0 saturated carbocycles. The molecule has 14 heavy (non-hydrogen) atoms. The van der Waals surface area contributed by atoms with Gasteiger partial charge in [0.1, 0.15) is 0 Å². The molecule has 1 aromatic rings. The Bertz CT molecular complexity index is 400. The second kappa shape index (κ2) is 4.05. The summed E-state index contributed by atoms with van der Waals surface area (Å²) in [4.78, 5) is 15.0. The summed E-state index contributed by atoms with van der Waals surface area (Å²) in [6.07, 6.45) is 5.14. The molecule has 1 aromatic heterocycles. The first kappa shape index (κ1) is 10.5. The zero-order valence-corrected chi connectivity index (χ0v) is 8.40.